The predicted octanol–water partition coefficient (Wildman–Crippen LogP) is 3.04. The average Bonchev–Trinajstić information content (AvgIpc) is 3.39. The summed E-state index contributed by atoms with van der Waals surface area (Å²) in [5, 5.41) is 23.5. The maximum Gasteiger partial charge on any atom is 0.407 e. The first-order chi connectivity index (χ1) is 16.5. The summed E-state index contributed by atoms with van der Waals surface area (Å²) < 4.78 is 5.63. The molecular formula is C26H30N2O6. The van der Waals surface area contributed by atoms with E-state index in [-0.39, 0.29) is 43.9 Å². The van der Waals surface area contributed by atoms with Gasteiger partial charge >= 0.3 is 12.1 Å². The van der Waals surface area contributed by atoms with Crippen molar-refractivity contribution in [3.63, 3.8) is 0 Å². The first kappa shape index (κ1) is 23.8. The highest BCUT2D eigenvalue weighted by molar-refractivity contribution is 5.83. The predicted molar refractivity (Wildman–Crippen MR) is 125 cm³/mol. The van der Waals surface area contributed by atoms with Crippen molar-refractivity contribution in [1.29, 1.82) is 0 Å². The number of fused-ring (bicyclic) bond motifs is 3. The number of benzene rings is 2. The van der Waals surface area contributed by atoms with Crippen molar-refractivity contribution < 1.29 is 29.3 Å². The molecule has 0 spiro atoms. The molecular weight excluding hydrogens is 436 g/mol. The van der Waals surface area contributed by atoms with Crippen LogP contribution in [0.5, 0.6) is 0 Å². The normalized spacial score (nSPS) is 19.7. The van der Waals surface area contributed by atoms with Gasteiger partial charge in [0.2, 0.25) is 5.91 Å². The molecule has 34 heavy (non-hydrogen) atoms. The minimum Gasteiger partial charge on any atom is -0.480 e. The first-order valence-electron chi connectivity index (χ1n) is 11.7. The summed E-state index contributed by atoms with van der Waals surface area (Å²) in [5.74, 6) is -1.69. The molecule has 8 nitrogen and oxygen atoms in total. The Kier molecular flexibility index (Phi) is 7.47. The monoisotopic (exact) mass is 466 g/mol. The second-order valence-electron chi connectivity index (χ2n) is 8.94. The number of ether oxygens (including phenoxy) is 1. The fourth-order valence-corrected chi connectivity index (χ4v) is 5.14. The van der Waals surface area contributed by atoms with Gasteiger partial charge in [-0.2, -0.15) is 0 Å². The number of aliphatic hydroxyl groups excluding tert-OH is 1. The van der Waals surface area contributed by atoms with E-state index in [9.17, 15) is 14.4 Å². The number of nitrogens with one attached hydrogen (secondary N) is 2. The molecule has 4 N–H and O–H groups in total. The number of rotatable bonds is 9. The Morgan fingerprint density at radius 3 is 2.26 bits per heavy atom. The Bertz CT molecular complexity index is 1010. The van der Waals surface area contributed by atoms with E-state index >= 15 is 0 Å². The molecule has 2 aliphatic carbocycles. The molecule has 2 amide bonds. The van der Waals surface area contributed by atoms with Crippen LogP contribution >= 0.6 is 0 Å². The zero-order valence-corrected chi connectivity index (χ0v) is 18.9. The van der Waals surface area contributed by atoms with Crippen LogP contribution in [0.1, 0.15) is 49.1 Å². The Hall–Kier alpha value is -3.39. The van der Waals surface area contributed by atoms with E-state index in [0.717, 1.165) is 41.5 Å². The minimum absolute atomic E-state index is 0.0252. The van der Waals surface area contributed by atoms with Gasteiger partial charge < -0.3 is 25.6 Å². The van der Waals surface area contributed by atoms with Crippen LogP contribution in [-0.4, -0.2) is 53.5 Å². The molecule has 0 saturated heterocycles. The molecule has 3 atom stereocenters. The van der Waals surface area contributed by atoms with Crippen LogP contribution in [0.15, 0.2) is 48.5 Å². The molecule has 0 bridgehead atoms. The van der Waals surface area contributed by atoms with Gasteiger partial charge in [0.1, 0.15) is 12.6 Å². The van der Waals surface area contributed by atoms with Gasteiger partial charge in [0.15, 0.2) is 0 Å². The molecule has 1 saturated carbocycles. The Balaban J connectivity index is 1.32. The first-order valence-corrected chi connectivity index (χ1v) is 11.7. The molecule has 2 aromatic carbocycles. The molecule has 0 aromatic heterocycles. The molecule has 0 aliphatic heterocycles. The van der Waals surface area contributed by atoms with Crippen molar-refractivity contribution >= 4 is 18.0 Å². The molecule has 2 aliphatic rings. The van der Waals surface area contributed by atoms with Crippen LogP contribution in [-0.2, 0) is 14.3 Å². The Morgan fingerprint density at radius 2 is 1.65 bits per heavy atom. The van der Waals surface area contributed by atoms with Crippen LogP contribution in [0.3, 0.4) is 0 Å². The van der Waals surface area contributed by atoms with E-state index in [4.69, 9.17) is 14.9 Å². The summed E-state index contributed by atoms with van der Waals surface area (Å²) in [4.78, 5) is 36.2. The van der Waals surface area contributed by atoms with E-state index in [1.165, 1.54) is 0 Å². The highest BCUT2D eigenvalue weighted by Gasteiger charge is 2.33. The van der Waals surface area contributed by atoms with E-state index in [1.54, 1.807) is 0 Å². The molecule has 8 heteroatoms. The lowest BCUT2D eigenvalue weighted by Crippen LogP contribution is -2.44. The lowest BCUT2D eigenvalue weighted by Gasteiger charge is -2.22. The number of hydrogen-bond donors (Lipinski definition) is 4. The SMILES string of the molecule is O=C(C[C@@H]1CCC[C@H]1NC(=O)OCC1c2ccccc2-c2ccccc21)NC(CCO)C(=O)O. The van der Waals surface area contributed by atoms with Gasteiger partial charge in [-0.25, -0.2) is 9.59 Å². The van der Waals surface area contributed by atoms with Crippen LogP contribution in [0.4, 0.5) is 4.79 Å². The van der Waals surface area contributed by atoms with Crippen molar-refractivity contribution in [2.75, 3.05) is 13.2 Å². The van der Waals surface area contributed by atoms with Crippen molar-refractivity contribution in [2.45, 2.75) is 50.1 Å². The lowest BCUT2D eigenvalue weighted by atomic mass is 9.98. The fourth-order valence-electron chi connectivity index (χ4n) is 5.14. The van der Waals surface area contributed by atoms with Gasteiger partial charge in [-0.1, -0.05) is 55.0 Å². The Labute approximate surface area is 198 Å². The standard InChI is InChI=1S/C26H30N2O6/c29-13-12-23(25(31)32)27-24(30)14-16-6-5-11-22(16)28-26(33)34-15-21-19-9-3-1-7-17(19)18-8-2-4-10-20(18)21/h1-4,7-10,16,21-23,29H,5-6,11-15H2,(H,27,30)(H,28,33)(H,31,32)/t16-,22+,23?/m0/s1. The number of carboxylic acid groups (broad SMARTS) is 1. The van der Waals surface area contributed by atoms with Crippen LogP contribution in [0.2, 0.25) is 0 Å². The zero-order valence-electron chi connectivity index (χ0n) is 18.9. The lowest BCUT2D eigenvalue weighted by molar-refractivity contribution is -0.142. The second kappa shape index (κ2) is 10.7. The summed E-state index contributed by atoms with van der Waals surface area (Å²) >= 11 is 0. The topological polar surface area (TPSA) is 125 Å². The van der Waals surface area contributed by atoms with Crippen molar-refractivity contribution in [3.8, 4) is 11.1 Å². The van der Waals surface area contributed by atoms with E-state index in [0.29, 0.717) is 0 Å². The van der Waals surface area contributed by atoms with Crippen LogP contribution in [0, 0.1) is 5.92 Å². The highest BCUT2D eigenvalue weighted by Crippen LogP contribution is 2.44. The minimum atomic E-state index is -1.18. The van der Waals surface area contributed by atoms with Crippen LogP contribution < -0.4 is 10.6 Å². The summed E-state index contributed by atoms with van der Waals surface area (Å²) in [5.41, 5.74) is 4.61. The number of alkyl carbamates (subject to hydrolysis) is 1. The summed E-state index contributed by atoms with van der Waals surface area (Å²) in [7, 11) is 0. The number of amides is 2. The van der Waals surface area contributed by atoms with Crippen LogP contribution in [0.25, 0.3) is 11.1 Å². The van der Waals surface area contributed by atoms with Gasteiger partial charge in [0, 0.05) is 31.4 Å². The maximum absolute atomic E-state index is 12.6. The Morgan fingerprint density at radius 1 is 1.00 bits per heavy atom. The largest absolute Gasteiger partial charge is 0.480 e. The third kappa shape index (κ3) is 5.22. The quantitative estimate of drug-likeness (QED) is 0.450. The summed E-state index contributed by atoms with van der Waals surface area (Å²) in [6.07, 6.45) is 1.92. The molecule has 0 heterocycles. The molecule has 180 valence electrons. The second-order valence-corrected chi connectivity index (χ2v) is 8.94. The molecule has 4 rings (SSSR count). The van der Waals surface area contributed by atoms with Gasteiger partial charge in [0.25, 0.3) is 0 Å². The molecule has 1 unspecified atom stereocenters. The van der Waals surface area contributed by atoms with Gasteiger partial charge in [0.05, 0.1) is 0 Å². The highest BCUT2D eigenvalue weighted by atomic mass is 16.5. The zero-order chi connectivity index (χ0) is 24.1. The third-order valence-electron chi connectivity index (χ3n) is 6.80. The number of hydrogen-bond acceptors (Lipinski definition) is 5. The molecule has 1 fully saturated rings. The van der Waals surface area contributed by atoms with E-state index in [2.05, 4.69) is 34.9 Å². The van der Waals surface area contributed by atoms with Crippen molar-refractivity contribution in [3.05, 3.63) is 59.7 Å². The summed E-state index contributed by atoms with van der Waals surface area (Å²) in [6.45, 7) is -0.105. The maximum atomic E-state index is 12.6. The molecule has 2 aromatic rings. The van der Waals surface area contributed by atoms with Gasteiger partial charge in [-0.3, -0.25) is 4.79 Å². The van der Waals surface area contributed by atoms with Crippen molar-refractivity contribution in [1.82, 2.24) is 10.6 Å². The van der Waals surface area contributed by atoms with E-state index in [1.807, 2.05) is 24.3 Å². The average molecular weight is 467 g/mol. The number of carbonyl (C=O) groups is 3. The number of carbonyl (C=O) groups excluding carboxylic acids is 2. The molecule has 0 radical (unpaired) electrons. The third-order valence-corrected chi connectivity index (χ3v) is 6.80. The van der Waals surface area contributed by atoms with Gasteiger partial charge in [-0.15, -0.1) is 0 Å². The fraction of sp³-hybridized carbons (Fsp3) is 0.423. The number of carboxylic acids is 1. The van der Waals surface area contributed by atoms with E-state index < -0.39 is 24.0 Å². The van der Waals surface area contributed by atoms with Gasteiger partial charge in [-0.05, 0) is 41.0 Å². The van der Waals surface area contributed by atoms with Crippen molar-refractivity contribution in [2.24, 2.45) is 5.92 Å². The number of aliphatic carboxylic acids is 1. The summed E-state index contributed by atoms with van der Waals surface area (Å²) in [6, 6.07) is 14.9. The number of aliphatic hydroxyl groups is 1. The smallest absolute Gasteiger partial charge is 0.407 e.